The van der Waals surface area contributed by atoms with Gasteiger partial charge in [-0.15, -0.1) is 0 Å². The van der Waals surface area contributed by atoms with Crippen LogP contribution >= 0.6 is 43.5 Å². The molecular formula is C34H25Br2ClFN3O8. The lowest BCUT2D eigenvalue weighted by Crippen LogP contribution is -2.49. The number of benzene rings is 3. The predicted octanol–water partition coefficient (Wildman–Crippen LogP) is 7.06. The first-order valence-corrected chi connectivity index (χ1v) is 17.1. The van der Waals surface area contributed by atoms with E-state index >= 15 is 0 Å². The van der Waals surface area contributed by atoms with E-state index in [1.165, 1.54) is 43.5 Å². The van der Waals surface area contributed by atoms with E-state index in [-0.39, 0.29) is 50.9 Å². The summed E-state index contributed by atoms with van der Waals surface area (Å²) in [6, 6.07) is 10.3. The van der Waals surface area contributed by atoms with Crippen LogP contribution in [0.25, 0.3) is 0 Å². The molecule has 7 rings (SSSR count). The minimum absolute atomic E-state index is 0.0527. The van der Waals surface area contributed by atoms with Gasteiger partial charge in [0.15, 0.2) is 11.5 Å². The fourth-order valence-electron chi connectivity index (χ4n) is 8.18. The van der Waals surface area contributed by atoms with Crippen LogP contribution in [-0.4, -0.2) is 40.8 Å². The third-order valence-electron chi connectivity index (χ3n) is 10.5. The van der Waals surface area contributed by atoms with Crippen LogP contribution in [0.4, 0.5) is 21.5 Å². The number of non-ortho nitro benzene ring substituents is 1. The fraction of sp³-hybridized carbons (Fsp3) is 0.294. The molecule has 49 heavy (non-hydrogen) atoms. The number of amides is 4. The van der Waals surface area contributed by atoms with E-state index < -0.39 is 69.4 Å². The number of anilines is 2. The van der Waals surface area contributed by atoms with Gasteiger partial charge < -0.3 is 9.84 Å². The van der Waals surface area contributed by atoms with Crippen molar-refractivity contribution in [3.05, 3.63) is 95.6 Å². The molecule has 2 aliphatic carbocycles. The van der Waals surface area contributed by atoms with E-state index in [0.717, 1.165) is 15.9 Å². The van der Waals surface area contributed by atoms with Crippen molar-refractivity contribution in [2.24, 2.45) is 29.1 Å². The number of methoxy groups -OCH3 is 1. The Labute approximate surface area is 300 Å². The third kappa shape index (κ3) is 4.70. The standard InChI is InChI=1S/C34H25Br2ClFN3O8/c1-34-21(31(44)40(33(34)46)16-7-10-23(38)22(37)11-16)12-19-17(26(34)20-13-24(49-2)29(42)28(36)27(20)35)8-9-18-25(19)32(45)39(30(18)43)14-3-5-15(6-4-14)41(47)48/h3-8,10-11,13,18-19,21,25-26,42H,9,12H2,1-2H3/t18-,19+,21-,25-,26+,34+/m0/s1. The van der Waals surface area contributed by atoms with E-state index in [2.05, 4.69) is 31.9 Å². The van der Waals surface area contributed by atoms with E-state index in [0.29, 0.717) is 15.6 Å². The van der Waals surface area contributed by atoms with Crippen LogP contribution in [0.15, 0.2) is 69.1 Å². The van der Waals surface area contributed by atoms with Crippen molar-refractivity contribution in [1.29, 1.82) is 0 Å². The molecule has 0 bridgehead atoms. The van der Waals surface area contributed by atoms with Crippen LogP contribution in [-0.2, 0) is 19.2 Å². The SMILES string of the molecule is COc1cc([C@H]2C3=CC[C@@H]4C(=O)N(c5ccc([N+](=O)[O-])cc5)C(=O)[C@@H]4[C@@H]3C[C@H]3C(=O)N(c4ccc(F)c(Cl)c4)C(=O)[C@@]23C)c(Br)c(Br)c1O. The van der Waals surface area contributed by atoms with Gasteiger partial charge in [0.1, 0.15) is 5.82 Å². The summed E-state index contributed by atoms with van der Waals surface area (Å²) >= 11 is 13.1. The Morgan fingerprint density at radius 2 is 1.65 bits per heavy atom. The number of hydrogen-bond donors (Lipinski definition) is 1. The van der Waals surface area contributed by atoms with Crippen LogP contribution in [0.5, 0.6) is 11.5 Å². The average molecular weight is 818 g/mol. The van der Waals surface area contributed by atoms with Crippen molar-refractivity contribution in [2.45, 2.75) is 25.7 Å². The second-order valence-electron chi connectivity index (χ2n) is 12.7. The lowest BCUT2D eigenvalue weighted by molar-refractivity contribution is -0.384. The highest BCUT2D eigenvalue weighted by molar-refractivity contribution is 9.13. The zero-order valence-corrected chi connectivity index (χ0v) is 29.6. The van der Waals surface area contributed by atoms with Crippen molar-refractivity contribution in [3.63, 3.8) is 0 Å². The lowest BCUT2D eigenvalue weighted by Gasteiger charge is -2.49. The van der Waals surface area contributed by atoms with Crippen molar-refractivity contribution < 1.29 is 38.3 Å². The number of imide groups is 2. The summed E-state index contributed by atoms with van der Waals surface area (Å²) in [5, 5.41) is 21.7. The van der Waals surface area contributed by atoms with Gasteiger partial charge in [0, 0.05) is 22.5 Å². The zero-order valence-electron chi connectivity index (χ0n) is 25.7. The minimum Gasteiger partial charge on any atom is -0.503 e. The molecule has 4 amide bonds. The number of hydrogen-bond acceptors (Lipinski definition) is 8. The van der Waals surface area contributed by atoms with Crippen LogP contribution in [0.3, 0.4) is 0 Å². The fourth-order valence-corrected chi connectivity index (χ4v) is 9.32. The smallest absolute Gasteiger partial charge is 0.269 e. The summed E-state index contributed by atoms with van der Waals surface area (Å²) < 4.78 is 20.3. The molecule has 252 valence electrons. The summed E-state index contributed by atoms with van der Waals surface area (Å²) in [4.78, 5) is 69.8. The Kier molecular flexibility index (Phi) is 7.99. The Bertz CT molecular complexity index is 2060. The predicted molar refractivity (Wildman–Crippen MR) is 182 cm³/mol. The van der Waals surface area contributed by atoms with Crippen LogP contribution in [0, 0.1) is 45.0 Å². The van der Waals surface area contributed by atoms with Crippen molar-refractivity contribution >= 4 is 84.2 Å². The largest absolute Gasteiger partial charge is 0.503 e. The van der Waals surface area contributed by atoms with E-state index in [1.54, 1.807) is 13.0 Å². The monoisotopic (exact) mass is 815 g/mol. The Balaban J connectivity index is 1.39. The molecule has 3 fully saturated rings. The molecule has 2 aliphatic heterocycles. The second-order valence-corrected chi connectivity index (χ2v) is 14.7. The number of allylic oxidation sites excluding steroid dienone is 2. The quantitative estimate of drug-likeness (QED) is 0.125. The highest BCUT2D eigenvalue weighted by atomic mass is 79.9. The summed E-state index contributed by atoms with van der Waals surface area (Å²) in [7, 11) is 1.37. The Morgan fingerprint density at radius 3 is 2.29 bits per heavy atom. The van der Waals surface area contributed by atoms with E-state index in [9.17, 15) is 38.8 Å². The first-order chi connectivity index (χ1) is 23.2. The third-order valence-corrected chi connectivity index (χ3v) is 12.9. The van der Waals surface area contributed by atoms with Gasteiger partial charge >= 0.3 is 0 Å². The van der Waals surface area contributed by atoms with Gasteiger partial charge in [0.2, 0.25) is 23.6 Å². The lowest BCUT2D eigenvalue weighted by atomic mass is 9.51. The zero-order chi connectivity index (χ0) is 35.3. The second kappa shape index (κ2) is 11.7. The maximum atomic E-state index is 14.7. The number of halogens is 4. The summed E-state index contributed by atoms with van der Waals surface area (Å²) in [6.07, 6.45) is 2.07. The van der Waals surface area contributed by atoms with E-state index in [1.807, 2.05) is 6.08 Å². The number of nitro groups is 1. The number of ether oxygens (including phenoxy) is 1. The van der Waals surface area contributed by atoms with Gasteiger partial charge in [-0.1, -0.05) is 23.3 Å². The Hall–Kier alpha value is -4.14. The number of aromatic hydroxyl groups is 1. The number of phenolic OH excluding ortho intramolecular Hbond substituents is 1. The first-order valence-electron chi connectivity index (χ1n) is 15.1. The van der Waals surface area contributed by atoms with Crippen molar-refractivity contribution in [2.75, 3.05) is 16.9 Å². The summed E-state index contributed by atoms with van der Waals surface area (Å²) in [5.41, 5.74) is -0.197. The van der Waals surface area contributed by atoms with Gasteiger partial charge in [0.05, 0.1) is 56.1 Å². The number of nitro benzene ring substituents is 1. The molecular weight excluding hydrogens is 793 g/mol. The Morgan fingerprint density at radius 1 is 0.980 bits per heavy atom. The van der Waals surface area contributed by atoms with Crippen LogP contribution < -0.4 is 14.5 Å². The van der Waals surface area contributed by atoms with Gasteiger partial charge in [-0.05, 0) is 99.5 Å². The molecule has 2 heterocycles. The highest BCUT2D eigenvalue weighted by Crippen LogP contribution is 2.65. The molecule has 0 aromatic heterocycles. The topological polar surface area (TPSA) is 147 Å². The molecule has 3 aromatic rings. The van der Waals surface area contributed by atoms with Crippen molar-refractivity contribution in [1.82, 2.24) is 0 Å². The molecule has 1 saturated carbocycles. The molecule has 11 nitrogen and oxygen atoms in total. The molecule has 15 heteroatoms. The number of phenols is 1. The normalized spacial score (nSPS) is 27.6. The van der Waals surface area contributed by atoms with Gasteiger partial charge in [-0.25, -0.2) is 9.29 Å². The van der Waals surface area contributed by atoms with Gasteiger partial charge in [0.25, 0.3) is 5.69 Å². The molecule has 0 radical (unpaired) electrons. The molecule has 4 aliphatic rings. The number of carbonyl (C=O) groups excluding carboxylic acids is 4. The molecule has 3 aromatic carbocycles. The van der Waals surface area contributed by atoms with Gasteiger partial charge in [-0.3, -0.25) is 34.2 Å². The number of rotatable bonds is 5. The first kappa shape index (κ1) is 33.4. The highest BCUT2D eigenvalue weighted by Gasteiger charge is 2.68. The van der Waals surface area contributed by atoms with E-state index in [4.69, 9.17) is 16.3 Å². The number of carbonyl (C=O) groups is 4. The maximum absolute atomic E-state index is 14.7. The maximum Gasteiger partial charge on any atom is 0.269 e. The summed E-state index contributed by atoms with van der Waals surface area (Å²) in [6.45, 7) is 1.68. The number of nitrogens with zero attached hydrogens (tertiary/aromatic N) is 3. The molecule has 2 saturated heterocycles. The van der Waals surface area contributed by atoms with Crippen LogP contribution in [0.1, 0.15) is 31.2 Å². The minimum atomic E-state index is -1.44. The molecule has 0 unspecified atom stereocenters. The average Bonchev–Trinajstić information content (AvgIpc) is 3.45. The van der Waals surface area contributed by atoms with Crippen molar-refractivity contribution in [3.8, 4) is 11.5 Å². The van der Waals surface area contributed by atoms with Crippen LogP contribution in [0.2, 0.25) is 5.02 Å². The number of fused-ring (bicyclic) bond motifs is 4. The van der Waals surface area contributed by atoms with Gasteiger partial charge in [-0.2, -0.15) is 0 Å². The molecule has 1 N–H and O–H groups in total. The molecule has 6 atom stereocenters. The summed E-state index contributed by atoms with van der Waals surface area (Å²) in [5.74, 6) is -7.10. The molecule has 0 spiro atoms.